The maximum Gasteiger partial charge on any atom is 0.306 e. The fraction of sp³-hybridized carbons (Fsp3) is 0.792. The highest BCUT2D eigenvalue weighted by molar-refractivity contribution is 5.71. The van der Waals surface area contributed by atoms with Gasteiger partial charge >= 0.3 is 17.9 Å². The summed E-state index contributed by atoms with van der Waals surface area (Å²) in [6.45, 7) is 6.54. The van der Waals surface area contributed by atoms with Crippen molar-refractivity contribution in [2.45, 2.75) is 354 Å². The zero-order valence-electron chi connectivity index (χ0n) is 51.9. The lowest BCUT2D eigenvalue weighted by atomic mass is 10.0. The summed E-state index contributed by atoms with van der Waals surface area (Å²) in [4.78, 5) is 38.4. The average molecular weight is 1090 g/mol. The molecule has 0 rings (SSSR count). The predicted molar refractivity (Wildman–Crippen MR) is 339 cm³/mol. The van der Waals surface area contributed by atoms with Crippen LogP contribution in [0.3, 0.4) is 0 Å². The van der Waals surface area contributed by atoms with Crippen molar-refractivity contribution in [1.82, 2.24) is 0 Å². The third kappa shape index (κ3) is 63.7. The maximum atomic E-state index is 12.9. The van der Waals surface area contributed by atoms with Gasteiger partial charge in [-0.15, -0.1) is 0 Å². The largest absolute Gasteiger partial charge is 0.462 e. The first-order valence-electron chi connectivity index (χ1n) is 33.9. The molecule has 1 unspecified atom stereocenters. The van der Waals surface area contributed by atoms with E-state index in [0.29, 0.717) is 19.3 Å². The van der Waals surface area contributed by atoms with Crippen LogP contribution in [0.25, 0.3) is 0 Å². The molecule has 0 aromatic rings. The standard InChI is InChI=1S/C72H128O6/c1-4-7-10-13-16-19-22-25-28-31-33-34-35-36-37-38-40-41-44-47-50-53-56-59-62-65-71(74)77-68-69(67-76-70(73)64-61-58-55-52-49-46-43-30-27-24-21-18-15-12-9-6-3)78-72(75)66-63-60-57-54-51-48-45-42-39-32-29-26-23-20-17-14-11-8-5-2/h8,11,17,20,26,29-30,39,42-43,48,51,69H,4-7,9-10,12-16,18-19,21-25,27-28,31-38,40-41,44-47,49-50,52-68H2,1-3H3/b11-8-,20-17-,29-26-,42-39-,43-30-,51-48-. The fourth-order valence-corrected chi connectivity index (χ4v) is 9.88. The van der Waals surface area contributed by atoms with E-state index in [1.807, 2.05) is 0 Å². The molecule has 0 spiro atoms. The van der Waals surface area contributed by atoms with E-state index in [1.54, 1.807) is 0 Å². The number of carbonyl (C=O) groups is 3. The van der Waals surface area contributed by atoms with Gasteiger partial charge in [0.15, 0.2) is 6.10 Å². The van der Waals surface area contributed by atoms with Crippen molar-refractivity contribution in [2.75, 3.05) is 13.2 Å². The third-order valence-electron chi connectivity index (χ3n) is 14.9. The average Bonchev–Trinajstić information content (AvgIpc) is 3.44. The Bertz CT molecular complexity index is 1440. The molecule has 0 amide bonds. The summed E-state index contributed by atoms with van der Waals surface area (Å²) in [6.07, 6.45) is 86.4. The van der Waals surface area contributed by atoms with Gasteiger partial charge in [-0.1, -0.05) is 312 Å². The quantitative estimate of drug-likeness (QED) is 0.0261. The monoisotopic (exact) mass is 1090 g/mol. The fourth-order valence-electron chi connectivity index (χ4n) is 9.88. The lowest BCUT2D eigenvalue weighted by Gasteiger charge is -2.18. The number of rotatable bonds is 62. The Morgan fingerprint density at radius 3 is 0.808 bits per heavy atom. The minimum Gasteiger partial charge on any atom is -0.462 e. The highest BCUT2D eigenvalue weighted by Gasteiger charge is 2.19. The van der Waals surface area contributed by atoms with Crippen molar-refractivity contribution < 1.29 is 28.6 Å². The van der Waals surface area contributed by atoms with Crippen molar-refractivity contribution in [1.29, 1.82) is 0 Å². The summed E-state index contributed by atoms with van der Waals surface area (Å²) in [5.41, 5.74) is 0. The number of hydrogen-bond acceptors (Lipinski definition) is 6. The van der Waals surface area contributed by atoms with Crippen LogP contribution in [-0.4, -0.2) is 37.2 Å². The van der Waals surface area contributed by atoms with Crippen molar-refractivity contribution >= 4 is 17.9 Å². The molecule has 452 valence electrons. The van der Waals surface area contributed by atoms with E-state index in [4.69, 9.17) is 14.2 Å². The van der Waals surface area contributed by atoms with E-state index in [0.717, 1.165) is 103 Å². The molecule has 0 saturated carbocycles. The zero-order valence-corrected chi connectivity index (χ0v) is 51.9. The van der Waals surface area contributed by atoms with Gasteiger partial charge in [-0.2, -0.15) is 0 Å². The van der Waals surface area contributed by atoms with Crippen molar-refractivity contribution in [3.8, 4) is 0 Å². The summed E-state index contributed by atoms with van der Waals surface area (Å²) in [5.74, 6) is -0.911. The van der Waals surface area contributed by atoms with Crippen LogP contribution in [0.2, 0.25) is 0 Å². The van der Waals surface area contributed by atoms with E-state index < -0.39 is 6.10 Å². The number of ether oxygens (including phenoxy) is 3. The van der Waals surface area contributed by atoms with Crippen molar-refractivity contribution in [2.24, 2.45) is 0 Å². The normalized spacial score (nSPS) is 12.5. The second kappa shape index (κ2) is 66.4. The van der Waals surface area contributed by atoms with Crippen molar-refractivity contribution in [3.05, 3.63) is 72.9 Å². The van der Waals surface area contributed by atoms with E-state index in [-0.39, 0.29) is 31.1 Å². The maximum absolute atomic E-state index is 12.9. The Labute approximate surface area is 484 Å². The third-order valence-corrected chi connectivity index (χ3v) is 14.9. The molecule has 0 N–H and O–H groups in total. The van der Waals surface area contributed by atoms with Crippen LogP contribution in [0.15, 0.2) is 72.9 Å². The summed E-state index contributed by atoms with van der Waals surface area (Å²) in [5, 5.41) is 0. The molecule has 0 fully saturated rings. The molecular weight excluding hydrogens is 961 g/mol. The van der Waals surface area contributed by atoms with Gasteiger partial charge in [-0.25, -0.2) is 0 Å². The zero-order chi connectivity index (χ0) is 56.4. The first-order valence-corrected chi connectivity index (χ1v) is 33.9. The second-order valence-corrected chi connectivity index (χ2v) is 22.7. The molecule has 0 aliphatic rings. The molecule has 0 aliphatic heterocycles. The smallest absolute Gasteiger partial charge is 0.306 e. The highest BCUT2D eigenvalue weighted by Crippen LogP contribution is 2.18. The van der Waals surface area contributed by atoms with Crippen LogP contribution in [0, 0.1) is 0 Å². The molecule has 78 heavy (non-hydrogen) atoms. The Morgan fingerprint density at radius 2 is 0.500 bits per heavy atom. The van der Waals surface area contributed by atoms with Gasteiger partial charge in [-0.3, -0.25) is 14.4 Å². The van der Waals surface area contributed by atoms with Crippen molar-refractivity contribution in [3.63, 3.8) is 0 Å². The second-order valence-electron chi connectivity index (χ2n) is 22.7. The van der Waals surface area contributed by atoms with Crippen LogP contribution in [0.4, 0.5) is 0 Å². The summed E-state index contributed by atoms with van der Waals surface area (Å²) < 4.78 is 16.9. The Balaban J connectivity index is 4.35. The van der Waals surface area contributed by atoms with Crippen LogP contribution in [0.5, 0.6) is 0 Å². The molecule has 6 nitrogen and oxygen atoms in total. The molecule has 0 aliphatic carbocycles. The Hall–Kier alpha value is -3.15. The number of carbonyl (C=O) groups excluding carboxylic acids is 3. The van der Waals surface area contributed by atoms with Gasteiger partial charge in [-0.05, 0) is 89.9 Å². The van der Waals surface area contributed by atoms with Gasteiger partial charge in [0, 0.05) is 19.3 Å². The van der Waals surface area contributed by atoms with Gasteiger partial charge in [0.05, 0.1) is 0 Å². The van der Waals surface area contributed by atoms with Crippen LogP contribution < -0.4 is 0 Å². The highest BCUT2D eigenvalue weighted by atomic mass is 16.6. The van der Waals surface area contributed by atoms with E-state index in [1.165, 1.54) is 205 Å². The van der Waals surface area contributed by atoms with Crippen LogP contribution >= 0.6 is 0 Å². The van der Waals surface area contributed by atoms with Gasteiger partial charge in [0.25, 0.3) is 0 Å². The number of hydrogen-bond donors (Lipinski definition) is 0. The molecule has 0 aromatic heterocycles. The van der Waals surface area contributed by atoms with E-state index >= 15 is 0 Å². The predicted octanol–water partition coefficient (Wildman–Crippen LogP) is 23.3. The molecular formula is C72H128O6. The summed E-state index contributed by atoms with van der Waals surface area (Å²) >= 11 is 0. The molecule has 0 radical (unpaired) electrons. The lowest BCUT2D eigenvalue weighted by molar-refractivity contribution is -0.167. The molecule has 6 heteroatoms. The molecule has 0 heterocycles. The minimum absolute atomic E-state index is 0.0884. The van der Waals surface area contributed by atoms with E-state index in [9.17, 15) is 14.4 Å². The number of esters is 3. The summed E-state index contributed by atoms with van der Waals surface area (Å²) in [7, 11) is 0. The molecule has 1 atom stereocenters. The van der Waals surface area contributed by atoms with Gasteiger partial charge in [0.2, 0.25) is 0 Å². The lowest BCUT2D eigenvalue weighted by Crippen LogP contribution is -2.30. The SMILES string of the molecule is CC/C=C\C/C=C\C/C=C\C/C=C\C/C=C\CCCCCC(=O)OC(COC(=O)CCCCCCC/C=C\CCCCCCCCC)COC(=O)CCCCCCCCCCCCCCCCCCCCCCCCCCC. The number of allylic oxidation sites excluding steroid dienone is 12. The molecule has 0 saturated heterocycles. The number of unbranched alkanes of at least 4 members (excludes halogenated alkanes) is 39. The first kappa shape index (κ1) is 74.8. The topological polar surface area (TPSA) is 78.9 Å². The Morgan fingerprint density at radius 1 is 0.269 bits per heavy atom. The molecule has 0 aromatic carbocycles. The summed E-state index contributed by atoms with van der Waals surface area (Å²) in [6, 6.07) is 0. The van der Waals surface area contributed by atoms with Gasteiger partial charge in [0.1, 0.15) is 13.2 Å². The van der Waals surface area contributed by atoms with Gasteiger partial charge < -0.3 is 14.2 Å². The van der Waals surface area contributed by atoms with E-state index in [2.05, 4.69) is 93.7 Å². The molecule has 0 bridgehead atoms. The minimum atomic E-state index is -0.797. The first-order chi connectivity index (χ1) is 38.5. The Kier molecular flexibility index (Phi) is 63.7. The van der Waals surface area contributed by atoms with Crippen LogP contribution in [-0.2, 0) is 28.6 Å². The van der Waals surface area contributed by atoms with Crippen LogP contribution in [0.1, 0.15) is 348 Å².